The SMILES string of the molecule is Cn1c2c(c3cc(C(=O)O)ccc31)CCN(c1ccccc1)C2=O. The number of amides is 1. The average Bonchev–Trinajstić information content (AvgIpc) is 2.89. The van der Waals surface area contributed by atoms with Crippen molar-refractivity contribution < 1.29 is 14.7 Å². The maximum absolute atomic E-state index is 13.0. The zero-order valence-corrected chi connectivity index (χ0v) is 13.2. The van der Waals surface area contributed by atoms with Gasteiger partial charge in [-0.2, -0.15) is 0 Å². The summed E-state index contributed by atoms with van der Waals surface area (Å²) < 4.78 is 1.87. The number of hydrogen-bond acceptors (Lipinski definition) is 2. The van der Waals surface area contributed by atoms with Crippen molar-refractivity contribution in [2.75, 3.05) is 11.4 Å². The largest absolute Gasteiger partial charge is 0.478 e. The minimum atomic E-state index is -0.956. The van der Waals surface area contributed by atoms with Gasteiger partial charge in [0.05, 0.1) is 5.56 Å². The molecule has 2 aromatic carbocycles. The smallest absolute Gasteiger partial charge is 0.335 e. The van der Waals surface area contributed by atoms with E-state index < -0.39 is 5.97 Å². The first-order chi connectivity index (χ1) is 11.6. The highest BCUT2D eigenvalue weighted by atomic mass is 16.4. The van der Waals surface area contributed by atoms with Gasteiger partial charge in [-0.05, 0) is 42.3 Å². The summed E-state index contributed by atoms with van der Waals surface area (Å²) in [6, 6.07) is 14.6. The fourth-order valence-electron chi connectivity index (χ4n) is 3.49. The monoisotopic (exact) mass is 320 g/mol. The first-order valence-electron chi connectivity index (χ1n) is 7.79. The van der Waals surface area contributed by atoms with Crippen molar-refractivity contribution in [2.45, 2.75) is 6.42 Å². The molecular formula is C19H16N2O3. The molecule has 1 aliphatic heterocycles. The lowest BCUT2D eigenvalue weighted by Gasteiger charge is -2.27. The van der Waals surface area contributed by atoms with Gasteiger partial charge in [-0.1, -0.05) is 18.2 Å². The summed E-state index contributed by atoms with van der Waals surface area (Å²) >= 11 is 0. The van der Waals surface area contributed by atoms with Crippen molar-refractivity contribution >= 4 is 28.5 Å². The van der Waals surface area contributed by atoms with Crippen LogP contribution in [-0.4, -0.2) is 28.1 Å². The fourth-order valence-corrected chi connectivity index (χ4v) is 3.49. The van der Waals surface area contributed by atoms with Crippen LogP contribution in [0, 0.1) is 0 Å². The van der Waals surface area contributed by atoms with Gasteiger partial charge in [0.1, 0.15) is 5.69 Å². The Balaban J connectivity index is 1.88. The number of carboxylic acid groups (broad SMARTS) is 1. The number of hydrogen-bond donors (Lipinski definition) is 1. The molecule has 1 N–H and O–H groups in total. The number of carbonyl (C=O) groups is 2. The second kappa shape index (κ2) is 5.23. The van der Waals surface area contributed by atoms with Crippen molar-refractivity contribution in [2.24, 2.45) is 7.05 Å². The van der Waals surface area contributed by atoms with Gasteiger partial charge < -0.3 is 14.6 Å². The lowest BCUT2D eigenvalue weighted by molar-refractivity contribution is 0.0697. The zero-order valence-electron chi connectivity index (χ0n) is 13.2. The molecule has 1 amide bonds. The predicted octanol–water partition coefficient (Wildman–Crippen LogP) is 3.08. The zero-order chi connectivity index (χ0) is 16.8. The van der Waals surface area contributed by atoms with Gasteiger partial charge in [-0.3, -0.25) is 4.79 Å². The van der Waals surface area contributed by atoms with Crippen molar-refractivity contribution in [3.05, 3.63) is 65.4 Å². The molecule has 5 heteroatoms. The van der Waals surface area contributed by atoms with Gasteiger partial charge in [-0.25, -0.2) is 4.79 Å². The summed E-state index contributed by atoms with van der Waals surface area (Å²) in [4.78, 5) is 26.0. The van der Waals surface area contributed by atoms with E-state index in [0.717, 1.165) is 22.2 Å². The van der Waals surface area contributed by atoms with E-state index in [-0.39, 0.29) is 11.5 Å². The Morgan fingerprint density at radius 2 is 1.88 bits per heavy atom. The van der Waals surface area contributed by atoms with E-state index in [1.54, 1.807) is 23.1 Å². The summed E-state index contributed by atoms with van der Waals surface area (Å²) in [5.74, 6) is -0.999. The Bertz CT molecular complexity index is 973. The standard InChI is InChI=1S/C19H16N2O3/c1-20-16-8-7-12(19(23)24)11-15(16)14-9-10-21(18(22)17(14)20)13-5-3-2-4-6-13/h2-8,11H,9-10H2,1H3,(H,23,24). The molecule has 1 aromatic heterocycles. The normalized spacial score (nSPS) is 14.0. The number of aryl methyl sites for hydroxylation is 1. The summed E-state index contributed by atoms with van der Waals surface area (Å²) in [7, 11) is 1.86. The molecule has 5 nitrogen and oxygen atoms in total. The molecule has 24 heavy (non-hydrogen) atoms. The lowest BCUT2D eigenvalue weighted by Crippen LogP contribution is -2.38. The second-order valence-corrected chi connectivity index (χ2v) is 5.97. The maximum atomic E-state index is 13.0. The Hall–Kier alpha value is -3.08. The summed E-state index contributed by atoms with van der Waals surface area (Å²) in [5.41, 5.74) is 3.59. The molecule has 0 unspecified atom stereocenters. The van der Waals surface area contributed by atoms with Crippen LogP contribution in [0.2, 0.25) is 0 Å². The number of benzene rings is 2. The highest BCUT2D eigenvalue weighted by molar-refractivity contribution is 6.11. The number of nitrogens with zero attached hydrogens (tertiary/aromatic N) is 2. The second-order valence-electron chi connectivity index (χ2n) is 5.97. The molecule has 0 bridgehead atoms. The third kappa shape index (κ3) is 2.01. The quantitative estimate of drug-likeness (QED) is 0.789. The highest BCUT2D eigenvalue weighted by Crippen LogP contribution is 2.32. The summed E-state index contributed by atoms with van der Waals surface area (Å²) in [6.45, 7) is 0.590. The molecule has 0 aliphatic carbocycles. The molecule has 4 rings (SSSR count). The van der Waals surface area contributed by atoms with Gasteiger partial charge in [-0.15, -0.1) is 0 Å². The number of carbonyl (C=O) groups excluding carboxylic acids is 1. The van der Waals surface area contributed by atoms with Crippen LogP contribution in [0.25, 0.3) is 10.9 Å². The number of aromatic nitrogens is 1. The summed E-state index contributed by atoms with van der Waals surface area (Å²) in [6.07, 6.45) is 0.705. The third-order valence-corrected chi connectivity index (χ3v) is 4.65. The van der Waals surface area contributed by atoms with E-state index in [1.807, 2.05) is 41.9 Å². The van der Waals surface area contributed by atoms with E-state index in [0.29, 0.717) is 18.7 Å². The van der Waals surface area contributed by atoms with Gasteiger partial charge in [0, 0.05) is 30.2 Å². The van der Waals surface area contributed by atoms with E-state index in [9.17, 15) is 14.7 Å². The Morgan fingerprint density at radius 3 is 2.58 bits per heavy atom. The Morgan fingerprint density at radius 1 is 1.12 bits per heavy atom. The van der Waals surface area contributed by atoms with Crippen LogP contribution < -0.4 is 4.90 Å². The van der Waals surface area contributed by atoms with Crippen LogP contribution in [0.3, 0.4) is 0 Å². The third-order valence-electron chi connectivity index (χ3n) is 4.65. The molecule has 0 spiro atoms. The Kier molecular flexibility index (Phi) is 3.16. The van der Waals surface area contributed by atoms with Crippen molar-refractivity contribution in [3.8, 4) is 0 Å². The van der Waals surface area contributed by atoms with Crippen LogP contribution in [0.4, 0.5) is 5.69 Å². The van der Waals surface area contributed by atoms with E-state index in [4.69, 9.17) is 0 Å². The van der Waals surface area contributed by atoms with Crippen LogP contribution in [-0.2, 0) is 13.5 Å². The molecule has 0 saturated heterocycles. The number of carboxylic acids is 1. The van der Waals surface area contributed by atoms with E-state index >= 15 is 0 Å². The van der Waals surface area contributed by atoms with Gasteiger partial charge >= 0.3 is 5.97 Å². The van der Waals surface area contributed by atoms with Crippen LogP contribution in [0.15, 0.2) is 48.5 Å². The molecule has 2 heterocycles. The molecule has 0 fully saturated rings. The number of rotatable bonds is 2. The molecule has 0 radical (unpaired) electrons. The summed E-state index contributed by atoms with van der Waals surface area (Å²) in [5, 5.41) is 10.1. The first-order valence-corrected chi connectivity index (χ1v) is 7.79. The fraction of sp³-hybridized carbons (Fsp3) is 0.158. The first kappa shape index (κ1) is 14.5. The minimum absolute atomic E-state index is 0.0435. The molecule has 120 valence electrons. The number of para-hydroxylation sites is 1. The average molecular weight is 320 g/mol. The molecule has 1 aliphatic rings. The van der Waals surface area contributed by atoms with Crippen LogP contribution in [0.1, 0.15) is 26.4 Å². The predicted molar refractivity (Wildman–Crippen MR) is 91.7 cm³/mol. The minimum Gasteiger partial charge on any atom is -0.478 e. The maximum Gasteiger partial charge on any atom is 0.335 e. The van der Waals surface area contributed by atoms with Crippen LogP contribution in [0.5, 0.6) is 0 Å². The molecular weight excluding hydrogens is 304 g/mol. The topological polar surface area (TPSA) is 62.5 Å². The molecule has 0 saturated carbocycles. The van der Waals surface area contributed by atoms with E-state index in [1.165, 1.54) is 0 Å². The van der Waals surface area contributed by atoms with Gasteiger partial charge in [0.2, 0.25) is 0 Å². The molecule has 3 aromatic rings. The van der Waals surface area contributed by atoms with Crippen molar-refractivity contribution in [1.82, 2.24) is 4.57 Å². The number of fused-ring (bicyclic) bond motifs is 3. The van der Waals surface area contributed by atoms with Gasteiger partial charge in [0.25, 0.3) is 5.91 Å². The number of aromatic carboxylic acids is 1. The highest BCUT2D eigenvalue weighted by Gasteiger charge is 2.30. The van der Waals surface area contributed by atoms with Crippen molar-refractivity contribution in [3.63, 3.8) is 0 Å². The van der Waals surface area contributed by atoms with E-state index in [2.05, 4.69) is 0 Å². The van der Waals surface area contributed by atoms with Gasteiger partial charge in [0.15, 0.2) is 0 Å². The number of anilines is 1. The molecule has 0 atom stereocenters. The Labute approximate surface area is 138 Å². The van der Waals surface area contributed by atoms with Crippen LogP contribution >= 0.6 is 0 Å². The van der Waals surface area contributed by atoms with Crippen molar-refractivity contribution in [1.29, 1.82) is 0 Å². The lowest BCUT2D eigenvalue weighted by atomic mass is 10.0.